The number of ether oxygens (including phenoxy) is 2. The summed E-state index contributed by atoms with van der Waals surface area (Å²) in [5.41, 5.74) is 0.620. The molecule has 0 saturated heterocycles. The third kappa shape index (κ3) is 0.863. The Balaban J connectivity index is 2.58. The number of fused-ring (bicyclic) bond motifs is 1. The summed E-state index contributed by atoms with van der Waals surface area (Å²) in [4.78, 5) is 11.2. The summed E-state index contributed by atoms with van der Waals surface area (Å²) in [5.74, 6) is 1.22. The van der Waals surface area contributed by atoms with Crippen molar-refractivity contribution in [1.82, 2.24) is 0 Å². The van der Waals surface area contributed by atoms with E-state index in [4.69, 9.17) is 9.47 Å². The zero-order valence-electron chi connectivity index (χ0n) is 6.66. The van der Waals surface area contributed by atoms with Gasteiger partial charge in [0.25, 0.3) is 0 Å². The highest BCUT2D eigenvalue weighted by Crippen LogP contribution is 2.34. The molecule has 2 rings (SSSR count). The number of rotatable bonds is 1. The number of ketones is 1. The topological polar surface area (TPSA) is 35.5 Å². The lowest BCUT2D eigenvalue weighted by atomic mass is 10.1. The SMILES string of the molecule is COc1cccc2c1OCC2=O. The van der Waals surface area contributed by atoms with Gasteiger partial charge in [-0.1, -0.05) is 6.07 Å². The maximum absolute atomic E-state index is 11.2. The van der Waals surface area contributed by atoms with E-state index >= 15 is 0 Å². The van der Waals surface area contributed by atoms with Gasteiger partial charge in [0.05, 0.1) is 12.7 Å². The monoisotopic (exact) mass is 164 g/mol. The van der Waals surface area contributed by atoms with Crippen LogP contribution in [0, 0.1) is 0 Å². The molecule has 0 aliphatic carbocycles. The fourth-order valence-corrected chi connectivity index (χ4v) is 1.26. The minimum Gasteiger partial charge on any atom is -0.493 e. The molecule has 0 amide bonds. The number of carbonyl (C=O) groups is 1. The minimum absolute atomic E-state index is 0.0175. The van der Waals surface area contributed by atoms with Crippen LogP contribution >= 0.6 is 0 Å². The molecule has 0 bridgehead atoms. The Hall–Kier alpha value is -1.51. The molecule has 1 aromatic carbocycles. The summed E-state index contributed by atoms with van der Waals surface area (Å²) in [6, 6.07) is 5.30. The predicted octanol–water partition coefficient (Wildman–Crippen LogP) is 1.27. The van der Waals surface area contributed by atoms with Gasteiger partial charge in [-0.05, 0) is 12.1 Å². The van der Waals surface area contributed by atoms with Gasteiger partial charge in [0, 0.05) is 0 Å². The van der Waals surface area contributed by atoms with E-state index in [1.54, 1.807) is 25.3 Å². The first-order valence-electron chi connectivity index (χ1n) is 3.66. The Kier molecular flexibility index (Phi) is 1.50. The van der Waals surface area contributed by atoms with Crippen LogP contribution in [-0.2, 0) is 0 Å². The molecule has 0 saturated carbocycles. The second-order valence-corrected chi connectivity index (χ2v) is 2.55. The van der Waals surface area contributed by atoms with Gasteiger partial charge in [-0.2, -0.15) is 0 Å². The molecular weight excluding hydrogens is 156 g/mol. The molecule has 0 atom stereocenters. The van der Waals surface area contributed by atoms with Crippen LogP contribution in [0.15, 0.2) is 18.2 Å². The lowest BCUT2D eigenvalue weighted by molar-refractivity contribution is 0.0960. The van der Waals surface area contributed by atoms with Crippen molar-refractivity contribution in [2.75, 3.05) is 13.7 Å². The van der Waals surface area contributed by atoms with Gasteiger partial charge >= 0.3 is 0 Å². The largest absolute Gasteiger partial charge is 0.493 e. The third-order valence-electron chi connectivity index (χ3n) is 1.85. The molecule has 1 aliphatic heterocycles. The minimum atomic E-state index is 0.0175. The van der Waals surface area contributed by atoms with Crippen molar-refractivity contribution in [3.63, 3.8) is 0 Å². The highest BCUT2D eigenvalue weighted by atomic mass is 16.5. The van der Waals surface area contributed by atoms with Crippen LogP contribution in [0.3, 0.4) is 0 Å². The van der Waals surface area contributed by atoms with Crippen molar-refractivity contribution in [2.45, 2.75) is 0 Å². The predicted molar refractivity (Wildman–Crippen MR) is 42.8 cm³/mol. The summed E-state index contributed by atoms with van der Waals surface area (Å²) >= 11 is 0. The van der Waals surface area contributed by atoms with Crippen molar-refractivity contribution >= 4 is 5.78 Å². The van der Waals surface area contributed by atoms with Gasteiger partial charge in [0.1, 0.15) is 0 Å². The molecule has 0 N–H and O–H groups in total. The van der Waals surface area contributed by atoms with Gasteiger partial charge < -0.3 is 9.47 Å². The number of methoxy groups -OCH3 is 1. The molecule has 0 radical (unpaired) electrons. The van der Waals surface area contributed by atoms with Crippen molar-refractivity contribution in [2.24, 2.45) is 0 Å². The summed E-state index contributed by atoms with van der Waals surface area (Å²) in [6.07, 6.45) is 0. The lowest BCUT2D eigenvalue weighted by Gasteiger charge is -2.03. The average Bonchev–Trinajstić information content (AvgIpc) is 2.48. The Morgan fingerprint density at radius 3 is 3.08 bits per heavy atom. The van der Waals surface area contributed by atoms with E-state index < -0.39 is 0 Å². The first-order valence-corrected chi connectivity index (χ1v) is 3.66. The molecule has 0 aromatic heterocycles. The van der Waals surface area contributed by atoms with Crippen molar-refractivity contribution < 1.29 is 14.3 Å². The average molecular weight is 164 g/mol. The van der Waals surface area contributed by atoms with E-state index in [9.17, 15) is 4.79 Å². The highest BCUT2D eigenvalue weighted by Gasteiger charge is 2.23. The summed E-state index contributed by atoms with van der Waals surface area (Å²) in [5, 5.41) is 0. The quantitative estimate of drug-likeness (QED) is 0.627. The van der Waals surface area contributed by atoms with Gasteiger partial charge in [0.15, 0.2) is 18.1 Å². The summed E-state index contributed by atoms with van der Waals surface area (Å²) in [6.45, 7) is 0.135. The third-order valence-corrected chi connectivity index (χ3v) is 1.85. The zero-order valence-corrected chi connectivity index (χ0v) is 6.66. The van der Waals surface area contributed by atoms with E-state index in [-0.39, 0.29) is 12.4 Å². The molecule has 3 heteroatoms. The standard InChI is InChI=1S/C9H8O3/c1-11-8-4-2-3-6-7(10)5-12-9(6)8/h2-4H,5H2,1H3. The Bertz CT molecular complexity index is 331. The molecule has 0 unspecified atom stereocenters. The molecule has 12 heavy (non-hydrogen) atoms. The van der Waals surface area contributed by atoms with E-state index in [0.29, 0.717) is 17.1 Å². The number of hydrogen-bond acceptors (Lipinski definition) is 3. The van der Waals surface area contributed by atoms with Crippen LogP contribution in [-0.4, -0.2) is 19.5 Å². The van der Waals surface area contributed by atoms with E-state index in [1.165, 1.54) is 0 Å². The zero-order chi connectivity index (χ0) is 8.55. The molecule has 0 fully saturated rings. The van der Waals surface area contributed by atoms with E-state index in [2.05, 4.69) is 0 Å². The first kappa shape index (κ1) is 7.16. The van der Waals surface area contributed by atoms with E-state index in [0.717, 1.165) is 0 Å². The molecule has 1 heterocycles. The van der Waals surface area contributed by atoms with Gasteiger partial charge in [-0.15, -0.1) is 0 Å². The molecule has 0 spiro atoms. The van der Waals surface area contributed by atoms with Crippen molar-refractivity contribution in [3.8, 4) is 11.5 Å². The Morgan fingerprint density at radius 2 is 2.33 bits per heavy atom. The lowest BCUT2D eigenvalue weighted by Crippen LogP contribution is -1.98. The number of para-hydroxylation sites is 1. The molecule has 1 aliphatic rings. The van der Waals surface area contributed by atoms with Crippen LogP contribution < -0.4 is 9.47 Å². The number of benzene rings is 1. The fraction of sp³-hybridized carbons (Fsp3) is 0.222. The van der Waals surface area contributed by atoms with Crippen LogP contribution in [0.25, 0.3) is 0 Å². The number of Topliss-reactive ketones (excluding diaryl/α,β-unsaturated/α-hetero) is 1. The maximum atomic E-state index is 11.2. The molecular formula is C9H8O3. The maximum Gasteiger partial charge on any atom is 0.204 e. The normalized spacial score (nSPS) is 13.9. The Morgan fingerprint density at radius 1 is 1.50 bits per heavy atom. The highest BCUT2D eigenvalue weighted by molar-refractivity contribution is 6.03. The van der Waals surface area contributed by atoms with Crippen molar-refractivity contribution in [3.05, 3.63) is 23.8 Å². The van der Waals surface area contributed by atoms with Crippen LogP contribution in [0.5, 0.6) is 11.5 Å². The fourth-order valence-electron chi connectivity index (χ4n) is 1.26. The number of hydrogen-bond donors (Lipinski definition) is 0. The van der Waals surface area contributed by atoms with E-state index in [1.807, 2.05) is 0 Å². The summed E-state index contributed by atoms with van der Waals surface area (Å²) < 4.78 is 10.2. The van der Waals surface area contributed by atoms with Gasteiger partial charge in [0.2, 0.25) is 5.78 Å². The first-order chi connectivity index (χ1) is 5.83. The van der Waals surface area contributed by atoms with Gasteiger partial charge in [-0.25, -0.2) is 0 Å². The van der Waals surface area contributed by atoms with Gasteiger partial charge in [-0.3, -0.25) is 4.79 Å². The smallest absolute Gasteiger partial charge is 0.204 e. The van der Waals surface area contributed by atoms with Crippen LogP contribution in [0.2, 0.25) is 0 Å². The molecule has 3 nitrogen and oxygen atoms in total. The summed E-state index contributed by atoms with van der Waals surface area (Å²) in [7, 11) is 1.56. The second kappa shape index (κ2) is 2.52. The second-order valence-electron chi connectivity index (χ2n) is 2.55. The van der Waals surface area contributed by atoms with Crippen molar-refractivity contribution in [1.29, 1.82) is 0 Å². The number of carbonyl (C=O) groups excluding carboxylic acids is 1. The molecule has 62 valence electrons. The van der Waals surface area contributed by atoms with Crippen LogP contribution in [0.4, 0.5) is 0 Å². The Labute approximate surface area is 69.9 Å². The molecule has 1 aromatic rings. The van der Waals surface area contributed by atoms with Crippen LogP contribution in [0.1, 0.15) is 10.4 Å².